The zero-order valence-corrected chi connectivity index (χ0v) is 30.5. The first-order chi connectivity index (χ1) is 26.4. The van der Waals surface area contributed by atoms with E-state index in [9.17, 15) is 27.6 Å². The minimum absolute atomic E-state index is 0.210. The number of nitrogens with zero attached hydrogens (tertiary/aromatic N) is 7. The molecule has 3 amide bonds. The predicted octanol–water partition coefficient (Wildman–Crippen LogP) is 3.73. The van der Waals surface area contributed by atoms with Crippen molar-refractivity contribution in [1.82, 2.24) is 40.2 Å². The van der Waals surface area contributed by atoms with Gasteiger partial charge >= 0.3 is 6.18 Å². The lowest BCUT2D eigenvalue weighted by Gasteiger charge is -2.42. The second-order valence-electron chi connectivity index (χ2n) is 13.9. The number of likely N-dealkylation sites (N-methyl/N-ethyl adjacent to an activating group) is 1. The summed E-state index contributed by atoms with van der Waals surface area (Å²) in [5.74, 6) is -2.89. The first kappa shape index (κ1) is 37.8. The first-order valence-corrected chi connectivity index (χ1v) is 18.2. The van der Waals surface area contributed by atoms with Crippen molar-refractivity contribution in [1.29, 1.82) is 0 Å². The summed E-state index contributed by atoms with van der Waals surface area (Å²) in [6.07, 6.45) is -2.32. The van der Waals surface area contributed by atoms with E-state index in [1.54, 1.807) is 29.9 Å². The van der Waals surface area contributed by atoms with Crippen molar-refractivity contribution in [2.24, 2.45) is 0 Å². The molecule has 0 aliphatic carbocycles. The third-order valence-corrected chi connectivity index (χ3v) is 10.4. The van der Waals surface area contributed by atoms with Crippen molar-refractivity contribution in [3.8, 4) is 5.69 Å². The maximum atomic E-state index is 14.4. The van der Waals surface area contributed by atoms with Crippen LogP contribution < -0.4 is 15.5 Å². The molecule has 2 saturated heterocycles. The topological polar surface area (TPSA) is 138 Å². The Bertz CT molecular complexity index is 2060. The summed E-state index contributed by atoms with van der Waals surface area (Å²) in [6, 6.07) is 15.9. The van der Waals surface area contributed by atoms with E-state index in [0.29, 0.717) is 46.9 Å². The van der Waals surface area contributed by atoms with E-state index in [1.165, 1.54) is 4.90 Å². The molecular weight excluding hydrogens is 715 g/mol. The Morgan fingerprint density at radius 2 is 1.78 bits per heavy atom. The molecule has 0 unspecified atom stereocenters. The van der Waals surface area contributed by atoms with Gasteiger partial charge in [-0.25, -0.2) is 14.6 Å². The number of hydrogen-bond donors (Lipinski definition) is 2. The third kappa shape index (κ3) is 7.88. The first-order valence-electron chi connectivity index (χ1n) is 18.2. The lowest BCUT2D eigenvalue weighted by molar-refractivity contribution is -0.141. The number of amides is 3. The molecule has 2 N–H and O–H groups in total. The molecule has 7 rings (SSSR count). The van der Waals surface area contributed by atoms with Crippen LogP contribution in [-0.4, -0.2) is 112 Å². The number of carbonyl (C=O) groups is 3. The molecule has 0 bridgehead atoms. The van der Waals surface area contributed by atoms with Crippen LogP contribution in [0.3, 0.4) is 0 Å². The quantitative estimate of drug-likeness (QED) is 0.220. The van der Waals surface area contributed by atoms with Gasteiger partial charge in [-0.1, -0.05) is 49.0 Å². The molecule has 16 heteroatoms. The zero-order chi connectivity index (χ0) is 38.9. The van der Waals surface area contributed by atoms with Gasteiger partial charge in [0.05, 0.1) is 37.2 Å². The normalized spacial score (nSPS) is 20.0. The minimum Gasteiger partial charge on any atom is -0.378 e. The minimum atomic E-state index is -4.80. The summed E-state index contributed by atoms with van der Waals surface area (Å²) in [5, 5.41) is 10.4. The van der Waals surface area contributed by atoms with Crippen LogP contribution in [0.25, 0.3) is 5.69 Å². The Balaban J connectivity index is 1.16. The molecule has 2 aromatic carbocycles. The average Bonchev–Trinajstić information content (AvgIpc) is 3.59. The average molecular weight is 758 g/mol. The largest absolute Gasteiger partial charge is 0.433 e. The van der Waals surface area contributed by atoms with E-state index in [2.05, 4.69) is 42.1 Å². The monoisotopic (exact) mass is 757 g/mol. The molecular formula is C39H42F3N9O4. The number of aromatic nitrogens is 4. The summed E-state index contributed by atoms with van der Waals surface area (Å²) in [7, 11) is 0. The van der Waals surface area contributed by atoms with Crippen molar-refractivity contribution in [2.75, 3.05) is 57.4 Å². The van der Waals surface area contributed by atoms with Gasteiger partial charge in [-0.05, 0) is 43.2 Å². The summed E-state index contributed by atoms with van der Waals surface area (Å²) < 4.78 is 47.5. The number of rotatable bonds is 11. The molecule has 55 heavy (non-hydrogen) atoms. The molecule has 0 radical (unpaired) electrons. The predicted molar refractivity (Wildman–Crippen MR) is 196 cm³/mol. The summed E-state index contributed by atoms with van der Waals surface area (Å²) in [6.45, 7) is 13.4. The lowest BCUT2D eigenvalue weighted by atomic mass is 9.81. The van der Waals surface area contributed by atoms with E-state index >= 15 is 0 Å². The van der Waals surface area contributed by atoms with Gasteiger partial charge in [0.1, 0.15) is 17.6 Å². The number of fused-ring (bicyclic) bond motifs is 1. The molecule has 0 spiro atoms. The zero-order valence-electron chi connectivity index (χ0n) is 30.5. The van der Waals surface area contributed by atoms with Gasteiger partial charge in [-0.2, -0.15) is 18.3 Å². The van der Waals surface area contributed by atoms with Gasteiger partial charge in [-0.15, -0.1) is 0 Å². The summed E-state index contributed by atoms with van der Waals surface area (Å²) in [4.78, 5) is 54.7. The molecule has 2 fully saturated rings. The number of para-hydroxylation sites is 1. The second-order valence-corrected chi connectivity index (χ2v) is 13.9. The highest BCUT2D eigenvalue weighted by atomic mass is 19.4. The highest BCUT2D eigenvalue weighted by Gasteiger charge is 2.45. The van der Waals surface area contributed by atoms with Gasteiger partial charge in [-0.3, -0.25) is 29.1 Å². The lowest BCUT2D eigenvalue weighted by Crippen LogP contribution is -2.56. The highest BCUT2D eigenvalue weighted by Crippen LogP contribution is 2.42. The van der Waals surface area contributed by atoms with Gasteiger partial charge < -0.3 is 15.4 Å². The SMILES string of the molecule is C=C(CN1CCN(C2COC2)CC1)C(=O)N[C@@H](C)c1cccc([C@@H]2c3cnn(-c4ccccc4)c3N(CC)C(=O)[C@H]2NC(=O)c2nccc(C(F)(F)F)n2)c1. The molecule has 288 valence electrons. The van der Waals surface area contributed by atoms with Crippen molar-refractivity contribution in [3.05, 3.63) is 113 Å². The Morgan fingerprint density at radius 3 is 2.45 bits per heavy atom. The number of carbonyl (C=O) groups excluding carboxylic acids is 3. The highest BCUT2D eigenvalue weighted by molar-refractivity contribution is 6.04. The third-order valence-electron chi connectivity index (χ3n) is 10.4. The van der Waals surface area contributed by atoms with Gasteiger partial charge in [0.15, 0.2) is 0 Å². The molecule has 3 aliphatic heterocycles. The summed E-state index contributed by atoms with van der Waals surface area (Å²) in [5.41, 5.74) is 1.80. The van der Waals surface area contributed by atoms with Gasteiger partial charge in [0.25, 0.3) is 11.8 Å². The number of hydrogen-bond acceptors (Lipinski definition) is 9. The fraction of sp³-hybridized carbons (Fsp3) is 0.385. The van der Waals surface area contributed by atoms with E-state index in [-0.39, 0.29) is 12.5 Å². The smallest absolute Gasteiger partial charge is 0.378 e. The van der Waals surface area contributed by atoms with E-state index in [4.69, 9.17) is 4.74 Å². The Morgan fingerprint density at radius 1 is 1.04 bits per heavy atom. The number of nitrogens with one attached hydrogen (secondary N) is 2. The van der Waals surface area contributed by atoms with E-state index in [0.717, 1.165) is 51.2 Å². The number of anilines is 1. The van der Waals surface area contributed by atoms with Crippen LogP contribution in [-0.2, 0) is 20.5 Å². The second kappa shape index (κ2) is 15.7. The maximum absolute atomic E-state index is 14.4. The number of alkyl halides is 3. The van der Waals surface area contributed by atoms with Gasteiger partial charge in [0.2, 0.25) is 11.7 Å². The number of ether oxygens (including phenoxy) is 1. The van der Waals surface area contributed by atoms with E-state index in [1.807, 2.05) is 49.4 Å². The van der Waals surface area contributed by atoms with Crippen molar-refractivity contribution in [3.63, 3.8) is 0 Å². The maximum Gasteiger partial charge on any atom is 0.433 e. The van der Waals surface area contributed by atoms with Crippen molar-refractivity contribution >= 4 is 23.5 Å². The van der Waals surface area contributed by atoms with Crippen molar-refractivity contribution in [2.45, 2.75) is 44.1 Å². The molecule has 2 aromatic heterocycles. The number of piperazine rings is 1. The molecule has 0 saturated carbocycles. The van der Waals surface area contributed by atoms with Crippen LogP contribution in [0.5, 0.6) is 0 Å². The Kier molecular flexibility index (Phi) is 10.8. The Labute approximate surface area is 316 Å². The van der Waals surface area contributed by atoms with Crippen LogP contribution >= 0.6 is 0 Å². The molecule has 3 aliphatic rings. The number of halogens is 3. The van der Waals surface area contributed by atoms with Crippen LogP contribution in [0.15, 0.2) is 85.2 Å². The molecule has 5 heterocycles. The number of benzene rings is 2. The van der Waals surface area contributed by atoms with Gasteiger partial charge in [0, 0.05) is 62.5 Å². The Hall–Kier alpha value is -5.45. The summed E-state index contributed by atoms with van der Waals surface area (Å²) >= 11 is 0. The fourth-order valence-electron chi connectivity index (χ4n) is 7.32. The molecule has 13 nitrogen and oxygen atoms in total. The van der Waals surface area contributed by atoms with Crippen LogP contribution in [0, 0.1) is 0 Å². The van der Waals surface area contributed by atoms with Crippen LogP contribution in [0.4, 0.5) is 19.0 Å². The van der Waals surface area contributed by atoms with Crippen molar-refractivity contribution < 1.29 is 32.3 Å². The van der Waals surface area contributed by atoms with Crippen LogP contribution in [0.2, 0.25) is 0 Å². The van der Waals surface area contributed by atoms with E-state index < -0.39 is 47.5 Å². The standard InChI is InChI=1S/C39H42F3N9O4/c1-4-50-37-30(20-44-51(37)28-11-6-5-7-12-28)32(33(38(50)54)47-36(53)34-43-14-13-31(46-34)39(40,41)42)27-10-8-9-26(19-27)25(3)45-35(52)24(2)21-48-15-17-49(18-16-48)29-22-55-23-29/h5-14,19-20,25,29,32-33H,2,4,15-18,21-23H2,1,3H3,(H,45,52)(H,47,53)/t25-,32+,33-/m0/s1. The van der Waals surface area contributed by atoms with Crippen LogP contribution in [0.1, 0.15) is 58.8 Å². The fourth-order valence-corrected chi connectivity index (χ4v) is 7.32. The molecule has 4 aromatic rings. The molecule has 3 atom stereocenters.